The van der Waals surface area contributed by atoms with Gasteiger partial charge < -0.3 is 13.9 Å². The molecule has 4 N–H and O–H groups in total. The van der Waals surface area contributed by atoms with E-state index in [0.29, 0.717) is 11.5 Å². The first-order chi connectivity index (χ1) is 15.3. The van der Waals surface area contributed by atoms with E-state index in [-0.39, 0.29) is 10.6 Å². The summed E-state index contributed by atoms with van der Waals surface area (Å²) >= 11 is 0. The number of hydrogen-bond acceptors (Lipinski definition) is 6. The molecule has 0 aliphatic rings. The van der Waals surface area contributed by atoms with E-state index in [1.165, 1.54) is 24.3 Å². The van der Waals surface area contributed by atoms with Crippen LogP contribution in [0.15, 0.2) is 121 Å². The van der Waals surface area contributed by atoms with E-state index in [4.69, 9.17) is 9.05 Å². The Bertz CT molecular complexity index is 987. The SMILES string of the molecule is OP(O)(O)(c1ccccc1)c1ccccc1.OP(Oc1ccccc1)Oc1ccccc1. The van der Waals surface area contributed by atoms with Crippen molar-refractivity contribution in [3.63, 3.8) is 0 Å². The minimum atomic E-state index is -4.93. The zero-order valence-electron chi connectivity index (χ0n) is 17.0. The van der Waals surface area contributed by atoms with Crippen molar-refractivity contribution in [3.05, 3.63) is 121 Å². The Hall–Kier alpha value is -2.82. The van der Waals surface area contributed by atoms with Crippen LogP contribution in [-0.2, 0) is 0 Å². The Balaban J connectivity index is 0.000000181. The van der Waals surface area contributed by atoms with Crippen molar-refractivity contribution in [2.75, 3.05) is 0 Å². The van der Waals surface area contributed by atoms with E-state index in [1.54, 1.807) is 60.7 Å². The van der Waals surface area contributed by atoms with Crippen molar-refractivity contribution < 1.29 is 28.6 Å². The second kappa shape index (κ2) is 10.7. The molecule has 6 nitrogen and oxygen atoms in total. The van der Waals surface area contributed by atoms with Gasteiger partial charge in [-0.05, 0) is 24.3 Å². The van der Waals surface area contributed by atoms with Crippen LogP contribution >= 0.6 is 15.9 Å². The second-order valence-corrected chi connectivity index (χ2v) is 10.5. The van der Waals surface area contributed by atoms with Crippen molar-refractivity contribution >= 4 is 26.5 Å². The summed E-state index contributed by atoms with van der Waals surface area (Å²) < 4.78 is 10.4. The molecule has 0 unspecified atom stereocenters. The molecule has 0 atom stereocenters. The van der Waals surface area contributed by atoms with Crippen LogP contribution in [0.25, 0.3) is 0 Å². The van der Waals surface area contributed by atoms with Crippen LogP contribution in [0.4, 0.5) is 0 Å². The molecule has 0 heterocycles. The first-order valence-electron chi connectivity index (χ1n) is 9.66. The molecule has 0 saturated carbocycles. The van der Waals surface area contributed by atoms with Crippen molar-refractivity contribution in [1.29, 1.82) is 0 Å². The van der Waals surface area contributed by atoms with Gasteiger partial charge in [0.2, 0.25) is 0 Å². The first kappa shape index (κ1) is 23.8. The summed E-state index contributed by atoms with van der Waals surface area (Å²) in [5.74, 6) is 1.18. The van der Waals surface area contributed by atoms with Gasteiger partial charge in [-0.1, -0.05) is 36.4 Å². The molecule has 166 valence electrons. The van der Waals surface area contributed by atoms with Crippen LogP contribution in [0.5, 0.6) is 11.5 Å². The molecular weight excluding hydrogens is 446 g/mol. The van der Waals surface area contributed by atoms with E-state index >= 15 is 0 Å². The quantitative estimate of drug-likeness (QED) is 0.314. The van der Waals surface area contributed by atoms with Gasteiger partial charge in [0.25, 0.3) is 0 Å². The largest absolute Gasteiger partial charge is 0.460 e. The minimum absolute atomic E-state index is 0.139. The van der Waals surface area contributed by atoms with E-state index in [9.17, 15) is 19.6 Å². The third kappa shape index (κ3) is 6.59. The average molecular weight is 470 g/mol. The van der Waals surface area contributed by atoms with Crippen LogP contribution in [0.3, 0.4) is 0 Å². The Labute approximate surface area is 188 Å². The van der Waals surface area contributed by atoms with Gasteiger partial charge in [-0.3, -0.25) is 0 Å². The maximum atomic E-state index is 10.2. The van der Waals surface area contributed by atoms with Gasteiger partial charge in [0.05, 0.1) is 0 Å². The first-order valence-corrected chi connectivity index (χ1v) is 12.9. The average Bonchev–Trinajstić information content (AvgIpc) is 2.82. The van der Waals surface area contributed by atoms with Gasteiger partial charge in [0, 0.05) is 0 Å². The molecule has 8 heteroatoms. The standard InChI is InChI=1S/C12H13O3P.C12H11O3P/c13-16(14,15,11-7-3-1-4-8-11)12-9-5-2-6-10-12;13-16(14-11-7-3-1-4-8-11)15-12-9-5-2-6-10-12/h1-10,13-15H;1-10,13H. The Morgan fingerprint density at radius 3 is 1.06 bits per heavy atom. The van der Waals surface area contributed by atoms with E-state index in [1.807, 2.05) is 36.4 Å². The molecule has 0 amide bonds. The summed E-state index contributed by atoms with van der Waals surface area (Å²) in [6, 6.07) is 34.3. The molecule has 0 radical (unpaired) electrons. The molecule has 0 aliphatic carbocycles. The van der Waals surface area contributed by atoms with Crippen molar-refractivity contribution in [2.45, 2.75) is 0 Å². The molecule has 32 heavy (non-hydrogen) atoms. The van der Waals surface area contributed by atoms with Crippen molar-refractivity contribution in [3.8, 4) is 11.5 Å². The van der Waals surface area contributed by atoms with Crippen LogP contribution in [0, 0.1) is 0 Å². The summed E-state index contributed by atoms with van der Waals surface area (Å²) in [7, 11) is -6.87. The van der Waals surface area contributed by atoms with Gasteiger partial charge in [0.1, 0.15) is 11.5 Å². The summed E-state index contributed by atoms with van der Waals surface area (Å²) in [6.45, 7) is 0. The van der Waals surface area contributed by atoms with Gasteiger partial charge in [-0.25, -0.2) is 0 Å². The fraction of sp³-hybridized carbons (Fsp3) is 0. The summed E-state index contributed by atoms with van der Waals surface area (Å²) in [6.07, 6.45) is 0. The maximum absolute atomic E-state index is 10.2. The Morgan fingerprint density at radius 2 is 0.750 bits per heavy atom. The summed E-state index contributed by atoms with van der Waals surface area (Å²) in [5.41, 5.74) is 0. The molecule has 4 rings (SSSR count). The topological polar surface area (TPSA) is 99.4 Å². The summed E-state index contributed by atoms with van der Waals surface area (Å²) in [4.78, 5) is 40.1. The predicted molar refractivity (Wildman–Crippen MR) is 129 cm³/mol. The zero-order valence-corrected chi connectivity index (χ0v) is 18.8. The van der Waals surface area contributed by atoms with Gasteiger partial charge in [0.15, 0.2) is 0 Å². The third-order valence-corrected chi connectivity index (χ3v) is 7.55. The molecule has 0 aromatic heterocycles. The van der Waals surface area contributed by atoms with Crippen molar-refractivity contribution in [2.24, 2.45) is 0 Å². The van der Waals surface area contributed by atoms with Crippen LogP contribution in [0.2, 0.25) is 0 Å². The number of hydrogen-bond donors (Lipinski definition) is 4. The molecule has 0 bridgehead atoms. The van der Waals surface area contributed by atoms with Crippen LogP contribution < -0.4 is 19.7 Å². The molecule has 0 spiro atoms. The fourth-order valence-corrected chi connectivity index (χ4v) is 5.10. The zero-order chi connectivity index (χ0) is 22.9. The fourth-order valence-electron chi connectivity index (χ4n) is 2.72. The maximum Gasteiger partial charge on any atom is 0.460 e. The molecule has 4 aromatic carbocycles. The van der Waals surface area contributed by atoms with Gasteiger partial charge in [-0.15, -0.1) is 0 Å². The van der Waals surface area contributed by atoms with E-state index < -0.39 is 15.9 Å². The second-order valence-electron chi connectivity index (χ2n) is 6.70. The normalized spacial score (nSPS) is 12.1. The van der Waals surface area contributed by atoms with E-state index in [0.717, 1.165) is 0 Å². The smallest absolute Gasteiger partial charge is 0.418 e. The summed E-state index contributed by atoms with van der Waals surface area (Å²) in [5, 5.41) is 0.277. The molecule has 0 fully saturated rings. The Kier molecular flexibility index (Phi) is 7.94. The molecule has 4 aromatic rings. The number of rotatable bonds is 6. The monoisotopic (exact) mass is 470 g/mol. The molecular formula is C24H24O6P2. The minimum Gasteiger partial charge on any atom is -0.418 e. The van der Waals surface area contributed by atoms with Crippen LogP contribution in [-0.4, -0.2) is 19.6 Å². The number of benzene rings is 4. The Morgan fingerprint density at radius 1 is 0.469 bits per heavy atom. The predicted octanol–water partition coefficient (Wildman–Crippen LogP) is 4.28. The van der Waals surface area contributed by atoms with Gasteiger partial charge >= 0.3 is 102 Å². The van der Waals surface area contributed by atoms with Crippen LogP contribution in [0.1, 0.15) is 0 Å². The van der Waals surface area contributed by atoms with Gasteiger partial charge in [-0.2, -0.15) is 0 Å². The molecule has 0 saturated heterocycles. The van der Waals surface area contributed by atoms with Crippen molar-refractivity contribution in [1.82, 2.24) is 0 Å². The third-order valence-electron chi connectivity index (χ3n) is 4.32. The van der Waals surface area contributed by atoms with E-state index in [2.05, 4.69) is 0 Å². The number of para-hydroxylation sites is 2. The molecule has 0 aliphatic heterocycles.